The molecule has 2 aromatic rings. The molecule has 6 heteroatoms. The van der Waals surface area contributed by atoms with E-state index >= 15 is 0 Å². The second kappa shape index (κ2) is 10.3. The molecule has 146 valence electrons. The number of carbonyl (C=O) groups excluding carboxylic acids is 2. The van der Waals surface area contributed by atoms with Gasteiger partial charge in [0, 0.05) is 5.92 Å². The number of carbonyl (C=O) groups is 2. The van der Waals surface area contributed by atoms with E-state index in [0.29, 0.717) is 6.42 Å². The number of thioether (sulfide) groups is 1. The first-order valence-electron chi connectivity index (χ1n) is 9.18. The minimum absolute atomic E-state index is 0.195. The topological polar surface area (TPSA) is 81.4 Å². The number of nitrogens with one attached hydrogen (secondary N) is 1. The Kier molecular flexibility index (Phi) is 8.13. The van der Waals surface area contributed by atoms with Gasteiger partial charge in [0.1, 0.15) is 6.04 Å². The molecule has 3 atom stereocenters. The first kappa shape index (κ1) is 21.3. The zero-order valence-corrected chi connectivity index (χ0v) is 16.9. The highest BCUT2D eigenvalue weighted by atomic mass is 32.2. The summed E-state index contributed by atoms with van der Waals surface area (Å²) in [4.78, 5) is 24.9. The van der Waals surface area contributed by atoms with Gasteiger partial charge in [-0.3, -0.25) is 4.79 Å². The average molecular weight is 389 g/mol. The Labute approximate surface area is 165 Å². The van der Waals surface area contributed by atoms with Crippen LogP contribution in [0.4, 0.5) is 0 Å². The van der Waals surface area contributed by atoms with Crippen molar-refractivity contribution in [3.8, 4) is 0 Å². The van der Waals surface area contributed by atoms with E-state index in [-0.39, 0.29) is 18.4 Å². The Morgan fingerprint density at radius 3 is 2.59 bits per heavy atom. The third kappa shape index (κ3) is 5.47. The van der Waals surface area contributed by atoms with Crippen molar-refractivity contribution in [2.24, 2.45) is 5.73 Å². The minimum Gasteiger partial charge on any atom is -0.464 e. The van der Waals surface area contributed by atoms with Gasteiger partial charge in [-0.05, 0) is 41.7 Å². The van der Waals surface area contributed by atoms with Crippen LogP contribution in [0.3, 0.4) is 0 Å². The van der Waals surface area contributed by atoms with E-state index < -0.39 is 18.1 Å². The smallest absolute Gasteiger partial charge is 0.328 e. The second-order valence-electron chi connectivity index (χ2n) is 6.48. The molecular formula is C21H28N2O3S. The third-order valence-corrected chi connectivity index (χ3v) is 5.30. The molecule has 0 fully saturated rings. The molecular weight excluding hydrogens is 360 g/mol. The summed E-state index contributed by atoms with van der Waals surface area (Å²) in [7, 11) is 0. The maximum atomic E-state index is 12.7. The Balaban J connectivity index is 2.15. The summed E-state index contributed by atoms with van der Waals surface area (Å²) >= 11 is 1.62. The van der Waals surface area contributed by atoms with Crippen LogP contribution in [0.25, 0.3) is 10.8 Å². The van der Waals surface area contributed by atoms with Gasteiger partial charge in [-0.15, -0.1) is 0 Å². The third-order valence-electron chi connectivity index (χ3n) is 4.65. The molecule has 0 aliphatic carbocycles. The van der Waals surface area contributed by atoms with Gasteiger partial charge in [0.05, 0.1) is 12.6 Å². The van der Waals surface area contributed by atoms with Crippen molar-refractivity contribution in [2.45, 2.75) is 38.3 Å². The SMILES string of the molecule is CCOC(=O)[C@H](CCSC)NC(=O)C(N)C(C)c1cccc2ccccc12. The Morgan fingerprint density at radius 2 is 1.89 bits per heavy atom. The van der Waals surface area contributed by atoms with E-state index in [1.807, 2.05) is 55.6 Å². The molecule has 2 unspecified atom stereocenters. The van der Waals surface area contributed by atoms with Gasteiger partial charge in [-0.2, -0.15) is 11.8 Å². The predicted octanol–water partition coefficient (Wildman–Crippen LogP) is 3.07. The molecule has 3 N–H and O–H groups in total. The number of ether oxygens (including phenoxy) is 1. The van der Waals surface area contributed by atoms with Crippen LogP contribution in [0, 0.1) is 0 Å². The molecule has 0 bridgehead atoms. The van der Waals surface area contributed by atoms with Crippen LogP contribution in [0.2, 0.25) is 0 Å². The lowest BCUT2D eigenvalue weighted by molar-refractivity contribution is -0.147. The molecule has 0 saturated carbocycles. The van der Waals surface area contributed by atoms with Gasteiger partial charge in [0.25, 0.3) is 0 Å². The maximum absolute atomic E-state index is 12.7. The highest BCUT2D eigenvalue weighted by molar-refractivity contribution is 7.98. The number of hydrogen-bond donors (Lipinski definition) is 2. The van der Waals surface area contributed by atoms with E-state index in [9.17, 15) is 9.59 Å². The standard InChI is InChI=1S/C21H28N2O3S/c1-4-26-21(25)18(12-13-27-3)23-20(24)19(22)14(2)16-11-7-9-15-8-5-6-10-17(15)16/h5-11,14,18-19H,4,12-13,22H2,1-3H3,(H,23,24)/t14?,18-,19?/m0/s1. The van der Waals surface area contributed by atoms with Gasteiger partial charge in [-0.25, -0.2) is 4.79 Å². The zero-order chi connectivity index (χ0) is 19.8. The number of fused-ring (bicyclic) bond motifs is 1. The van der Waals surface area contributed by atoms with Gasteiger partial charge >= 0.3 is 5.97 Å². The second-order valence-corrected chi connectivity index (χ2v) is 7.46. The Morgan fingerprint density at radius 1 is 1.19 bits per heavy atom. The number of rotatable bonds is 9. The molecule has 1 amide bonds. The molecule has 0 aromatic heterocycles. The summed E-state index contributed by atoms with van der Waals surface area (Å²) in [6.45, 7) is 3.97. The monoisotopic (exact) mass is 388 g/mol. The van der Waals surface area contributed by atoms with E-state index in [4.69, 9.17) is 10.5 Å². The fourth-order valence-corrected chi connectivity index (χ4v) is 3.53. The van der Waals surface area contributed by atoms with E-state index in [0.717, 1.165) is 22.1 Å². The molecule has 0 aliphatic rings. The normalized spacial score (nSPS) is 14.4. The van der Waals surface area contributed by atoms with Gasteiger partial charge in [0.2, 0.25) is 5.91 Å². The van der Waals surface area contributed by atoms with E-state index in [1.165, 1.54) is 0 Å². The van der Waals surface area contributed by atoms with Crippen LogP contribution in [0.15, 0.2) is 42.5 Å². The summed E-state index contributed by atoms with van der Waals surface area (Å²) in [5.41, 5.74) is 7.29. The number of benzene rings is 2. The lowest BCUT2D eigenvalue weighted by atomic mass is 9.89. The summed E-state index contributed by atoms with van der Waals surface area (Å²) < 4.78 is 5.08. The fraction of sp³-hybridized carbons (Fsp3) is 0.429. The summed E-state index contributed by atoms with van der Waals surface area (Å²) in [6.07, 6.45) is 2.47. The molecule has 27 heavy (non-hydrogen) atoms. The van der Waals surface area contributed by atoms with Crippen LogP contribution >= 0.6 is 11.8 Å². The van der Waals surface area contributed by atoms with Crippen LogP contribution in [-0.2, 0) is 14.3 Å². The van der Waals surface area contributed by atoms with E-state index in [1.54, 1.807) is 18.7 Å². The zero-order valence-electron chi connectivity index (χ0n) is 16.1. The van der Waals surface area contributed by atoms with E-state index in [2.05, 4.69) is 5.32 Å². The van der Waals surface area contributed by atoms with Crippen LogP contribution in [0.5, 0.6) is 0 Å². The van der Waals surface area contributed by atoms with Crippen molar-refractivity contribution < 1.29 is 14.3 Å². The largest absolute Gasteiger partial charge is 0.464 e. The lowest BCUT2D eigenvalue weighted by Gasteiger charge is -2.24. The van der Waals surface area contributed by atoms with Gasteiger partial charge in [0.15, 0.2) is 0 Å². The van der Waals surface area contributed by atoms with Crippen molar-refractivity contribution in [3.05, 3.63) is 48.0 Å². The quantitative estimate of drug-likeness (QED) is 0.645. The predicted molar refractivity (Wildman–Crippen MR) is 112 cm³/mol. The summed E-state index contributed by atoms with van der Waals surface area (Å²) in [5.74, 6) is -0.197. The molecule has 2 aromatic carbocycles. The molecule has 0 radical (unpaired) electrons. The van der Waals surface area contributed by atoms with Crippen LogP contribution in [-0.4, -0.2) is 42.6 Å². The van der Waals surface area contributed by atoms with Crippen LogP contribution < -0.4 is 11.1 Å². The van der Waals surface area contributed by atoms with Crippen molar-refractivity contribution in [1.82, 2.24) is 5.32 Å². The van der Waals surface area contributed by atoms with Crippen molar-refractivity contribution in [2.75, 3.05) is 18.6 Å². The molecule has 5 nitrogen and oxygen atoms in total. The number of amides is 1. The highest BCUT2D eigenvalue weighted by Crippen LogP contribution is 2.27. The number of nitrogens with two attached hydrogens (primary N) is 1. The average Bonchev–Trinajstić information content (AvgIpc) is 2.69. The lowest BCUT2D eigenvalue weighted by Crippen LogP contribution is -2.50. The highest BCUT2D eigenvalue weighted by Gasteiger charge is 2.28. The molecule has 2 rings (SSSR count). The minimum atomic E-state index is -0.762. The molecule has 0 saturated heterocycles. The maximum Gasteiger partial charge on any atom is 0.328 e. The van der Waals surface area contributed by atoms with Gasteiger partial charge < -0.3 is 15.8 Å². The van der Waals surface area contributed by atoms with Crippen LogP contribution in [0.1, 0.15) is 31.7 Å². The number of esters is 1. The first-order chi connectivity index (χ1) is 13.0. The van der Waals surface area contributed by atoms with Crippen molar-refractivity contribution in [3.63, 3.8) is 0 Å². The summed E-state index contributed by atoms with van der Waals surface area (Å²) in [6, 6.07) is 12.6. The molecule has 0 aliphatic heterocycles. The number of hydrogen-bond acceptors (Lipinski definition) is 5. The van der Waals surface area contributed by atoms with Crippen molar-refractivity contribution >= 4 is 34.4 Å². The summed E-state index contributed by atoms with van der Waals surface area (Å²) in [5, 5.41) is 4.98. The fourth-order valence-electron chi connectivity index (χ4n) is 3.06. The molecule has 0 heterocycles. The van der Waals surface area contributed by atoms with Gasteiger partial charge in [-0.1, -0.05) is 49.4 Å². The first-order valence-corrected chi connectivity index (χ1v) is 10.6. The molecule has 0 spiro atoms. The Bertz CT molecular complexity index is 776. The van der Waals surface area contributed by atoms with Crippen molar-refractivity contribution in [1.29, 1.82) is 0 Å². The Hall–Kier alpha value is -2.05.